The number of nitrogens with zero attached hydrogens (tertiary/aromatic N) is 1. The molecule has 0 bridgehead atoms. The van der Waals surface area contributed by atoms with Crippen molar-refractivity contribution in [3.8, 4) is 0 Å². The van der Waals surface area contributed by atoms with Crippen molar-refractivity contribution < 1.29 is 4.74 Å². The van der Waals surface area contributed by atoms with E-state index < -0.39 is 0 Å². The van der Waals surface area contributed by atoms with Crippen LogP contribution in [0.25, 0.3) is 0 Å². The van der Waals surface area contributed by atoms with Crippen molar-refractivity contribution in [2.45, 2.75) is 77.5 Å². The van der Waals surface area contributed by atoms with E-state index in [1.54, 1.807) is 0 Å². The fourth-order valence-electron chi connectivity index (χ4n) is 3.70. The Hall–Kier alpha value is -0.120. The van der Waals surface area contributed by atoms with Crippen molar-refractivity contribution in [2.75, 3.05) is 26.2 Å². The number of nitrogens with one attached hydrogen (secondary N) is 1. The molecule has 2 aliphatic heterocycles. The Kier molecular flexibility index (Phi) is 5.88. The first-order valence-electron chi connectivity index (χ1n) is 8.64. The minimum absolute atomic E-state index is 0.107. The van der Waals surface area contributed by atoms with Gasteiger partial charge in [0.2, 0.25) is 0 Å². The molecule has 0 aromatic rings. The molecule has 0 aromatic heterocycles. The summed E-state index contributed by atoms with van der Waals surface area (Å²) in [7, 11) is 0. The van der Waals surface area contributed by atoms with Crippen LogP contribution < -0.4 is 5.32 Å². The van der Waals surface area contributed by atoms with Gasteiger partial charge in [0, 0.05) is 19.1 Å². The summed E-state index contributed by atoms with van der Waals surface area (Å²) in [4.78, 5) is 2.64. The van der Waals surface area contributed by atoms with E-state index in [9.17, 15) is 0 Å². The highest BCUT2D eigenvalue weighted by atomic mass is 16.5. The molecule has 0 radical (unpaired) electrons. The molecule has 0 aliphatic carbocycles. The predicted molar refractivity (Wildman–Crippen MR) is 85.1 cm³/mol. The van der Waals surface area contributed by atoms with Crippen LogP contribution in [0.4, 0.5) is 0 Å². The lowest BCUT2D eigenvalue weighted by molar-refractivity contribution is -0.0337. The molecule has 3 heteroatoms. The molecule has 0 saturated carbocycles. The molecule has 0 amide bonds. The lowest BCUT2D eigenvalue weighted by Crippen LogP contribution is -2.46. The van der Waals surface area contributed by atoms with Gasteiger partial charge in [-0.05, 0) is 71.9 Å². The molecular formula is C17H34N2O. The second-order valence-corrected chi connectivity index (χ2v) is 7.44. The average Bonchev–Trinajstić information content (AvgIpc) is 2.75. The van der Waals surface area contributed by atoms with Gasteiger partial charge >= 0.3 is 0 Å². The summed E-state index contributed by atoms with van der Waals surface area (Å²) in [5.41, 5.74) is 0.107. The maximum atomic E-state index is 6.15. The van der Waals surface area contributed by atoms with Crippen molar-refractivity contribution in [1.82, 2.24) is 10.2 Å². The number of likely N-dealkylation sites (tertiary alicyclic amines) is 1. The monoisotopic (exact) mass is 282 g/mol. The minimum Gasteiger partial charge on any atom is -0.371 e. The van der Waals surface area contributed by atoms with Crippen LogP contribution in [0.1, 0.15) is 59.8 Å². The molecule has 118 valence electrons. The van der Waals surface area contributed by atoms with Crippen molar-refractivity contribution >= 4 is 0 Å². The first kappa shape index (κ1) is 16.3. The van der Waals surface area contributed by atoms with Crippen LogP contribution in [0.5, 0.6) is 0 Å². The summed E-state index contributed by atoms with van der Waals surface area (Å²) >= 11 is 0. The average molecular weight is 282 g/mol. The molecule has 0 aromatic carbocycles. The first-order chi connectivity index (χ1) is 9.50. The van der Waals surface area contributed by atoms with E-state index in [-0.39, 0.29) is 5.60 Å². The van der Waals surface area contributed by atoms with Gasteiger partial charge < -0.3 is 15.0 Å². The zero-order chi connectivity index (χ0) is 14.6. The van der Waals surface area contributed by atoms with Crippen LogP contribution in [0.2, 0.25) is 0 Å². The lowest BCUT2D eigenvalue weighted by atomic mass is 9.91. The van der Waals surface area contributed by atoms with Gasteiger partial charge in [-0.1, -0.05) is 6.92 Å². The van der Waals surface area contributed by atoms with Gasteiger partial charge in [0.1, 0.15) is 0 Å². The number of hydrogen-bond acceptors (Lipinski definition) is 3. The Labute approximate surface area is 125 Å². The highest BCUT2D eigenvalue weighted by Crippen LogP contribution is 2.30. The Balaban J connectivity index is 1.76. The summed E-state index contributed by atoms with van der Waals surface area (Å²) in [6, 6.07) is 0.652. The van der Waals surface area contributed by atoms with E-state index in [2.05, 4.69) is 37.9 Å². The van der Waals surface area contributed by atoms with Crippen molar-refractivity contribution in [1.29, 1.82) is 0 Å². The second kappa shape index (κ2) is 7.24. The van der Waals surface area contributed by atoms with Gasteiger partial charge in [-0.3, -0.25) is 0 Å². The normalized spacial score (nSPS) is 32.4. The van der Waals surface area contributed by atoms with Crippen molar-refractivity contribution in [2.24, 2.45) is 5.92 Å². The van der Waals surface area contributed by atoms with E-state index >= 15 is 0 Å². The van der Waals surface area contributed by atoms with Crippen LogP contribution in [-0.2, 0) is 4.74 Å². The molecule has 2 heterocycles. The fourth-order valence-corrected chi connectivity index (χ4v) is 3.70. The molecule has 2 rings (SSSR count). The standard InChI is InChI=1S/C17H34N2O/c1-5-10-18-14(2)15-7-6-11-19(12-15)13-16-8-9-17(3,4)20-16/h14-16,18H,5-13H2,1-4H3. The molecule has 3 atom stereocenters. The van der Waals surface area contributed by atoms with E-state index in [4.69, 9.17) is 4.74 Å². The third-order valence-corrected chi connectivity index (χ3v) is 4.98. The summed E-state index contributed by atoms with van der Waals surface area (Å²) in [6.07, 6.45) is 6.86. The molecule has 3 unspecified atom stereocenters. The van der Waals surface area contributed by atoms with E-state index in [1.165, 1.54) is 45.2 Å². The molecular weight excluding hydrogens is 248 g/mol. The Morgan fingerprint density at radius 3 is 2.80 bits per heavy atom. The summed E-state index contributed by atoms with van der Waals surface area (Å²) < 4.78 is 6.15. The smallest absolute Gasteiger partial charge is 0.0710 e. The third-order valence-electron chi connectivity index (χ3n) is 4.98. The van der Waals surface area contributed by atoms with Gasteiger partial charge in [-0.25, -0.2) is 0 Å². The SMILES string of the molecule is CCCNC(C)C1CCCN(CC2CCC(C)(C)O2)C1. The molecule has 0 spiro atoms. The van der Waals surface area contributed by atoms with E-state index in [1.807, 2.05) is 0 Å². The summed E-state index contributed by atoms with van der Waals surface area (Å²) in [5, 5.41) is 3.67. The van der Waals surface area contributed by atoms with Gasteiger partial charge in [0.25, 0.3) is 0 Å². The summed E-state index contributed by atoms with van der Waals surface area (Å²) in [6.45, 7) is 13.9. The second-order valence-electron chi connectivity index (χ2n) is 7.44. The Bertz CT molecular complexity index is 293. The lowest BCUT2D eigenvalue weighted by Gasteiger charge is -2.37. The molecule has 2 saturated heterocycles. The van der Waals surface area contributed by atoms with Gasteiger partial charge in [0.05, 0.1) is 11.7 Å². The van der Waals surface area contributed by atoms with Crippen LogP contribution >= 0.6 is 0 Å². The van der Waals surface area contributed by atoms with Gasteiger partial charge in [0.15, 0.2) is 0 Å². The quantitative estimate of drug-likeness (QED) is 0.810. The highest BCUT2D eigenvalue weighted by Gasteiger charge is 2.34. The Morgan fingerprint density at radius 2 is 2.15 bits per heavy atom. The maximum absolute atomic E-state index is 6.15. The largest absolute Gasteiger partial charge is 0.371 e. The van der Waals surface area contributed by atoms with Gasteiger partial charge in [-0.2, -0.15) is 0 Å². The zero-order valence-corrected chi connectivity index (χ0v) is 14.0. The highest BCUT2D eigenvalue weighted by molar-refractivity contribution is 4.86. The topological polar surface area (TPSA) is 24.5 Å². The number of ether oxygens (including phenoxy) is 1. The third kappa shape index (κ3) is 4.71. The van der Waals surface area contributed by atoms with Crippen LogP contribution in [0, 0.1) is 5.92 Å². The van der Waals surface area contributed by atoms with E-state index in [0.29, 0.717) is 12.1 Å². The van der Waals surface area contributed by atoms with Crippen LogP contribution in [-0.4, -0.2) is 48.8 Å². The molecule has 1 N–H and O–H groups in total. The predicted octanol–water partition coefficient (Wildman–Crippen LogP) is 3.04. The minimum atomic E-state index is 0.107. The number of hydrogen-bond donors (Lipinski definition) is 1. The maximum Gasteiger partial charge on any atom is 0.0710 e. The van der Waals surface area contributed by atoms with Crippen molar-refractivity contribution in [3.05, 3.63) is 0 Å². The number of piperidine rings is 1. The first-order valence-corrected chi connectivity index (χ1v) is 8.64. The Morgan fingerprint density at radius 1 is 1.35 bits per heavy atom. The number of rotatable bonds is 6. The van der Waals surface area contributed by atoms with E-state index in [0.717, 1.165) is 19.0 Å². The molecule has 2 aliphatic rings. The van der Waals surface area contributed by atoms with Crippen LogP contribution in [0.15, 0.2) is 0 Å². The van der Waals surface area contributed by atoms with Gasteiger partial charge in [-0.15, -0.1) is 0 Å². The molecule has 3 nitrogen and oxygen atoms in total. The fraction of sp³-hybridized carbons (Fsp3) is 1.00. The summed E-state index contributed by atoms with van der Waals surface area (Å²) in [5.74, 6) is 0.810. The zero-order valence-electron chi connectivity index (χ0n) is 14.0. The van der Waals surface area contributed by atoms with Crippen LogP contribution in [0.3, 0.4) is 0 Å². The molecule has 2 fully saturated rings. The molecule has 20 heavy (non-hydrogen) atoms. The van der Waals surface area contributed by atoms with Crippen molar-refractivity contribution in [3.63, 3.8) is 0 Å².